The van der Waals surface area contributed by atoms with Crippen molar-refractivity contribution in [2.24, 2.45) is 83.0 Å². The second kappa shape index (κ2) is 46.6. The number of unbranched alkanes of at least 4 members (excludes halogenated alkanes) is 2. The van der Waals surface area contributed by atoms with Crippen LogP contribution in [0.4, 0.5) is 0 Å². The molecule has 0 bridgehead atoms. The van der Waals surface area contributed by atoms with Crippen molar-refractivity contribution in [3.05, 3.63) is 0 Å². The summed E-state index contributed by atoms with van der Waals surface area (Å²) < 4.78 is 0. The minimum absolute atomic E-state index is 0.00490. The molecule has 34 N–H and O–H groups in total. The van der Waals surface area contributed by atoms with Crippen LogP contribution in [0.15, 0.2) is 20.0 Å². The van der Waals surface area contributed by atoms with Gasteiger partial charge in [-0.15, -0.1) is 0 Å². The highest BCUT2D eigenvalue weighted by Crippen LogP contribution is 2.12. The van der Waals surface area contributed by atoms with Crippen molar-refractivity contribution in [3.8, 4) is 0 Å². The smallest absolute Gasteiger partial charge is 0.323 e. The molecular weight excluding hydrogens is 1240 g/mol. The largest absolute Gasteiger partial charge is 0.481 e. The minimum Gasteiger partial charge on any atom is -0.481 e. The third-order valence-corrected chi connectivity index (χ3v) is 13.8. The predicted molar refractivity (Wildman–Crippen MR) is 346 cm³/mol. The van der Waals surface area contributed by atoms with Crippen LogP contribution in [0.25, 0.3) is 0 Å². The van der Waals surface area contributed by atoms with E-state index in [9.17, 15) is 72.9 Å². The third-order valence-electron chi connectivity index (χ3n) is 13.8. The fourth-order valence-corrected chi connectivity index (χ4v) is 8.61. The fourth-order valence-electron chi connectivity index (χ4n) is 8.61. The van der Waals surface area contributed by atoms with Crippen LogP contribution >= 0.6 is 0 Å². The first-order valence-electron chi connectivity index (χ1n) is 30.6. The number of carboxylic acids is 2. The maximum atomic E-state index is 14.7. The third kappa shape index (κ3) is 37.2. The van der Waals surface area contributed by atoms with Gasteiger partial charge in [-0.25, -0.2) is 0 Å². The Balaban J connectivity index is 7.42. The van der Waals surface area contributed by atoms with Gasteiger partial charge >= 0.3 is 11.9 Å². The summed E-state index contributed by atoms with van der Waals surface area (Å²) in [4.78, 5) is 179. The first-order chi connectivity index (χ1) is 44.1. The van der Waals surface area contributed by atoms with Crippen LogP contribution in [0.2, 0.25) is 0 Å². The average molecular weight is 1340 g/mol. The summed E-state index contributed by atoms with van der Waals surface area (Å²) in [5.41, 5.74) is 61.4. The Morgan fingerprint density at radius 2 is 0.638 bits per heavy atom. The van der Waals surface area contributed by atoms with Crippen LogP contribution < -0.4 is 111 Å². The number of carbonyl (C=O) groups is 12. The quantitative estimate of drug-likeness (QED) is 0.0153. The number of aliphatic imine (C=N–C) groups is 4. The Bertz CT molecular complexity index is 2600. The van der Waals surface area contributed by atoms with Gasteiger partial charge in [0.25, 0.3) is 0 Å². The highest BCUT2D eigenvalue weighted by molar-refractivity contribution is 5.99. The summed E-state index contributed by atoms with van der Waals surface area (Å²) in [5, 5.41) is 51.3. The summed E-state index contributed by atoms with van der Waals surface area (Å²) in [6.07, 6.45) is -1.84. The van der Waals surface area contributed by atoms with Gasteiger partial charge in [-0.2, -0.15) is 0 Å². The van der Waals surface area contributed by atoms with Crippen LogP contribution in [0.3, 0.4) is 0 Å². The normalized spacial score (nSPS) is 14.3. The lowest BCUT2D eigenvalue weighted by Crippen LogP contribution is -2.60. The zero-order chi connectivity index (χ0) is 71.6. The second-order valence-corrected chi connectivity index (χ2v) is 22.0. The zero-order valence-electron chi connectivity index (χ0n) is 53.9. The Hall–Kier alpha value is -9.44. The molecule has 0 aromatic rings. The number of aliphatic carboxylic acids is 2. The van der Waals surface area contributed by atoms with Gasteiger partial charge in [0.15, 0.2) is 23.8 Å². The van der Waals surface area contributed by atoms with Gasteiger partial charge in [-0.1, -0.05) is 0 Å². The van der Waals surface area contributed by atoms with Gasteiger partial charge in [0, 0.05) is 39.6 Å². The lowest BCUT2D eigenvalue weighted by Gasteiger charge is -2.28. The fraction of sp³-hybridized carbons (Fsp3) is 0.704. The molecule has 0 heterocycles. The van der Waals surface area contributed by atoms with Crippen molar-refractivity contribution in [1.29, 1.82) is 0 Å². The molecule has 0 saturated heterocycles. The van der Waals surface area contributed by atoms with Crippen molar-refractivity contribution < 1.29 is 72.9 Å². The van der Waals surface area contributed by atoms with Crippen molar-refractivity contribution in [2.75, 3.05) is 52.9 Å². The molecule has 0 saturated carbocycles. The summed E-state index contributed by atoms with van der Waals surface area (Å²) in [5.74, 6) is -13.2. The van der Waals surface area contributed by atoms with E-state index in [1.54, 1.807) is 0 Å². The molecule has 94 heavy (non-hydrogen) atoms. The van der Waals surface area contributed by atoms with Crippen LogP contribution in [0.5, 0.6) is 0 Å². The van der Waals surface area contributed by atoms with E-state index in [2.05, 4.69) is 67.8 Å². The van der Waals surface area contributed by atoms with E-state index in [0.29, 0.717) is 19.3 Å². The van der Waals surface area contributed by atoms with Crippen molar-refractivity contribution in [3.63, 3.8) is 0 Å². The van der Waals surface area contributed by atoms with Crippen LogP contribution in [-0.2, 0) is 57.5 Å². The monoisotopic (exact) mass is 1340 g/mol. The number of nitrogens with two attached hydrogens (primary N) is 11. The Morgan fingerprint density at radius 1 is 0.372 bits per heavy atom. The molecule has 10 amide bonds. The number of likely N-dealkylation sites (N-methyl/N-ethyl adjacent to an activating group) is 1. The SMILES string of the molecule is C[C@H](NC(=O)[C@H](C)NC(=O)[C@@H](N)[C@@H](C)O)C(=O)N[C@@H](CCC(=O)O)C(=O)N[C@@H](CCCN=C(N)N)C(=O)N[C@@H](CCCN=C(N)N)C(=O)N[C@@H](CCCN=C(N)N)C(=O)N[C@@H](CCCCN)C(=O)N[C@@H](CCCCN)C(=O)N[C@@H](CCCN=C(N)N)C(=O)N(C)CC(=O)O. The van der Waals surface area contributed by atoms with Crippen LogP contribution in [-0.4, -0.2) is 234 Å². The van der Waals surface area contributed by atoms with E-state index in [1.165, 1.54) is 27.8 Å². The molecule has 0 aromatic carbocycles. The standard InChI is InChI=1S/C54H103N25O15/c1-28(71-49(93)40(57)30(3)80)41(85)70-29(2)42(86)72-36(19-20-38(81)82)48(92)77-35(17-11-25-68-53(62)63)46(90)76-34(16-10-24-67-52(60)61)45(89)75-33(15-9-23-66-51(58)59)44(88)73-31(13-5-7-21-55)43(87)74-32(14-6-8-22-56)47(91)78-37(18-12-26-69-54(64)65)50(94)79(4)27-39(83)84/h28-37,40,80H,5-27,55-57H2,1-4H3,(H,70,85)(H,71,93)(H,72,86)(H,73,88)(H,74,87)(H,75,89)(H,76,90)(H,77,92)(H,78,91)(H,81,82)(H,83,84)(H4,58,59,66)(H4,60,61,67)(H4,62,63,68)(H4,64,65,69)/t28-,29-,30+,31-,32-,33-,34-,35-,36-,37-,40-/m0/s1. The number of hydrogen-bond donors (Lipinski definition) is 23. The Morgan fingerprint density at radius 3 is 0.926 bits per heavy atom. The number of nitrogens with one attached hydrogen (secondary N) is 9. The molecule has 11 atom stereocenters. The molecule has 0 aliphatic heterocycles. The average Bonchev–Trinajstić information content (AvgIpc) is 0.894. The number of amides is 10. The summed E-state index contributed by atoms with van der Waals surface area (Å²) in [7, 11) is 1.22. The molecule has 0 fully saturated rings. The highest BCUT2D eigenvalue weighted by atomic mass is 16.4. The number of rotatable bonds is 49. The maximum absolute atomic E-state index is 14.7. The summed E-state index contributed by atoms with van der Waals surface area (Å²) >= 11 is 0. The van der Waals surface area contributed by atoms with E-state index < -0.39 is 157 Å². The van der Waals surface area contributed by atoms with Crippen molar-refractivity contribution >= 4 is 94.8 Å². The minimum atomic E-state index is -1.68. The lowest BCUT2D eigenvalue weighted by atomic mass is 10.0. The van der Waals surface area contributed by atoms with Crippen molar-refractivity contribution in [2.45, 2.75) is 190 Å². The zero-order valence-corrected chi connectivity index (χ0v) is 53.9. The molecule has 40 heteroatoms. The number of carboxylic acid groups (broad SMARTS) is 2. The van der Waals surface area contributed by atoms with Crippen molar-refractivity contribution in [1.82, 2.24) is 52.8 Å². The van der Waals surface area contributed by atoms with E-state index in [4.69, 9.17) is 63.1 Å². The van der Waals surface area contributed by atoms with Gasteiger partial charge in [0.1, 0.15) is 67.0 Å². The predicted octanol–water partition coefficient (Wildman–Crippen LogP) is -10.0. The number of aliphatic hydroxyl groups is 1. The molecule has 0 aromatic heterocycles. The van der Waals surface area contributed by atoms with Gasteiger partial charge < -0.3 is 131 Å². The summed E-state index contributed by atoms with van der Waals surface area (Å²) in [6, 6.07) is -14.6. The second-order valence-electron chi connectivity index (χ2n) is 22.0. The van der Waals surface area contributed by atoms with Crippen LogP contribution in [0.1, 0.15) is 124 Å². The van der Waals surface area contributed by atoms with E-state index in [1.807, 2.05) is 0 Å². The Labute approximate surface area is 544 Å². The van der Waals surface area contributed by atoms with Gasteiger partial charge in [-0.05, 0) is 130 Å². The molecule has 0 rings (SSSR count). The van der Waals surface area contributed by atoms with Gasteiger partial charge in [0.05, 0.1) is 6.10 Å². The number of carbonyl (C=O) groups excluding carboxylic acids is 10. The van der Waals surface area contributed by atoms with E-state index >= 15 is 0 Å². The molecular formula is C54H103N25O15. The van der Waals surface area contributed by atoms with Crippen LogP contribution in [0, 0.1) is 0 Å². The summed E-state index contributed by atoms with van der Waals surface area (Å²) in [6.45, 7) is 3.23. The van der Waals surface area contributed by atoms with Gasteiger partial charge in [-0.3, -0.25) is 77.5 Å². The molecule has 0 spiro atoms. The molecule has 534 valence electrons. The molecule has 0 unspecified atom stereocenters. The highest BCUT2D eigenvalue weighted by Gasteiger charge is 2.36. The molecule has 0 aliphatic carbocycles. The Kier molecular flexibility index (Phi) is 41.9. The first-order valence-corrected chi connectivity index (χ1v) is 30.6. The number of guanidine groups is 4. The molecule has 0 aliphatic rings. The molecule has 40 nitrogen and oxygen atoms in total. The first kappa shape index (κ1) is 84.6. The topological polar surface area (TPSA) is 713 Å². The molecule has 0 radical (unpaired) electrons. The number of nitrogens with zero attached hydrogens (tertiary/aromatic N) is 5. The van der Waals surface area contributed by atoms with Gasteiger partial charge in [0.2, 0.25) is 59.1 Å². The van der Waals surface area contributed by atoms with E-state index in [-0.39, 0.29) is 134 Å². The maximum Gasteiger partial charge on any atom is 0.323 e. The lowest BCUT2D eigenvalue weighted by molar-refractivity contribution is -0.145. The van der Waals surface area contributed by atoms with E-state index in [0.717, 1.165) is 4.90 Å². The number of hydrogen-bond acceptors (Lipinski definition) is 20. The number of aliphatic hydroxyl groups excluding tert-OH is 1.